The van der Waals surface area contributed by atoms with E-state index in [9.17, 15) is 14.4 Å². The van der Waals surface area contributed by atoms with Gasteiger partial charge in [-0.05, 0) is 42.5 Å². The predicted octanol–water partition coefficient (Wildman–Crippen LogP) is 5.57. The molecule has 8 heteroatoms. The van der Waals surface area contributed by atoms with Crippen LogP contribution in [0.1, 0.15) is 20.9 Å². The van der Waals surface area contributed by atoms with Gasteiger partial charge < -0.3 is 9.15 Å². The van der Waals surface area contributed by atoms with E-state index in [4.69, 9.17) is 20.8 Å². The lowest BCUT2D eigenvalue weighted by molar-refractivity contribution is -0.122. The minimum Gasteiger partial charge on any atom is -0.453 e. The Morgan fingerprint density at radius 3 is 2.74 bits per heavy atom. The van der Waals surface area contributed by atoms with Crippen molar-refractivity contribution in [2.24, 2.45) is 0 Å². The van der Waals surface area contributed by atoms with Gasteiger partial charge in [-0.2, -0.15) is 0 Å². The normalized spacial score (nSPS) is 18.2. The van der Waals surface area contributed by atoms with Crippen LogP contribution >= 0.6 is 23.4 Å². The number of halogens is 1. The molecule has 1 amide bonds. The van der Waals surface area contributed by atoms with E-state index >= 15 is 0 Å². The van der Waals surface area contributed by atoms with Crippen LogP contribution in [-0.4, -0.2) is 36.1 Å². The fourth-order valence-corrected chi connectivity index (χ4v) is 5.41. The van der Waals surface area contributed by atoms with E-state index in [1.807, 2.05) is 42.5 Å². The van der Waals surface area contributed by atoms with Crippen molar-refractivity contribution in [3.63, 3.8) is 0 Å². The van der Waals surface area contributed by atoms with Crippen molar-refractivity contribution >= 4 is 47.2 Å². The SMILES string of the molecule is O=Cc1ccc(-c2ccc(Cl)c(C(=O)OCC(=O)N3c4ccccc4S[C@H]4C=CC=C[C@@H]43)c2)o1. The van der Waals surface area contributed by atoms with Crippen molar-refractivity contribution in [2.45, 2.75) is 16.2 Å². The number of carbonyl (C=O) groups is 3. The first kappa shape index (κ1) is 22.3. The first-order chi connectivity index (χ1) is 16.5. The predicted molar refractivity (Wildman–Crippen MR) is 130 cm³/mol. The molecule has 6 nitrogen and oxygen atoms in total. The average molecular weight is 492 g/mol. The quantitative estimate of drug-likeness (QED) is 0.343. The first-order valence-electron chi connectivity index (χ1n) is 10.5. The highest BCUT2D eigenvalue weighted by Gasteiger charge is 2.36. The van der Waals surface area contributed by atoms with Gasteiger partial charge in [0.05, 0.1) is 27.6 Å². The third-order valence-electron chi connectivity index (χ3n) is 5.55. The van der Waals surface area contributed by atoms with Crippen LogP contribution in [-0.2, 0) is 9.53 Å². The standard InChI is InChI=1S/C26H18ClNO5S/c27-19-11-9-16(22-12-10-17(14-29)33-22)13-18(19)26(31)32-15-25(30)28-20-5-1-3-7-23(20)34-24-8-4-2-6-21(24)28/h1-14,20,23H,15H2/t20-,23-/m0/s1. The Labute approximate surface area is 204 Å². The number of fused-ring (bicyclic) bond motifs is 2. The molecule has 1 aromatic heterocycles. The van der Waals surface area contributed by atoms with Crippen LogP contribution in [0, 0.1) is 0 Å². The molecule has 2 heterocycles. The van der Waals surface area contributed by atoms with Gasteiger partial charge in [0, 0.05) is 10.5 Å². The summed E-state index contributed by atoms with van der Waals surface area (Å²) in [7, 11) is 0. The maximum absolute atomic E-state index is 13.3. The number of rotatable bonds is 5. The molecule has 1 aliphatic heterocycles. The number of aldehydes is 1. The molecule has 0 bridgehead atoms. The molecule has 0 fully saturated rings. The molecule has 0 N–H and O–H groups in total. The van der Waals surface area contributed by atoms with Crippen LogP contribution in [0.5, 0.6) is 0 Å². The highest BCUT2D eigenvalue weighted by molar-refractivity contribution is 8.00. The van der Waals surface area contributed by atoms with Crippen LogP contribution in [0.25, 0.3) is 11.3 Å². The van der Waals surface area contributed by atoms with E-state index in [0.29, 0.717) is 17.6 Å². The molecule has 2 aliphatic rings. The Kier molecular flexibility index (Phi) is 6.13. The van der Waals surface area contributed by atoms with Crippen LogP contribution < -0.4 is 4.90 Å². The molecule has 170 valence electrons. The number of amides is 1. The molecular weight excluding hydrogens is 474 g/mol. The summed E-state index contributed by atoms with van der Waals surface area (Å²) in [5.74, 6) is -0.471. The zero-order valence-corrected chi connectivity index (χ0v) is 19.3. The highest BCUT2D eigenvalue weighted by atomic mass is 35.5. The first-order valence-corrected chi connectivity index (χ1v) is 11.8. The number of thioether (sulfide) groups is 1. The minimum atomic E-state index is -0.724. The summed E-state index contributed by atoms with van der Waals surface area (Å²) in [5, 5.41) is 0.263. The van der Waals surface area contributed by atoms with Gasteiger partial charge in [0.1, 0.15) is 5.76 Å². The summed E-state index contributed by atoms with van der Waals surface area (Å²) >= 11 is 7.93. The van der Waals surface area contributed by atoms with Crippen molar-refractivity contribution in [1.82, 2.24) is 0 Å². The zero-order chi connectivity index (χ0) is 23.7. The van der Waals surface area contributed by atoms with E-state index in [1.54, 1.807) is 34.9 Å². The van der Waals surface area contributed by atoms with Crippen molar-refractivity contribution in [3.05, 3.63) is 95.2 Å². The smallest absolute Gasteiger partial charge is 0.340 e. The highest BCUT2D eigenvalue weighted by Crippen LogP contribution is 2.43. The summed E-state index contributed by atoms with van der Waals surface area (Å²) in [6.45, 7) is -0.435. The van der Waals surface area contributed by atoms with Crippen molar-refractivity contribution in [3.8, 4) is 11.3 Å². The summed E-state index contributed by atoms with van der Waals surface area (Å²) in [6.07, 6.45) is 8.52. The maximum Gasteiger partial charge on any atom is 0.340 e. The van der Waals surface area contributed by atoms with E-state index in [-0.39, 0.29) is 33.5 Å². The van der Waals surface area contributed by atoms with Gasteiger partial charge in [-0.1, -0.05) is 48.0 Å². The Hall–Kier alpha value is -3.55. The van der Waals surface area contributed by atoms with Gasteiger partial charge in [-0.25, -0.2) is 4.79 Å². The number of benzene rings is 2. The molecule has 5 rings (SSSR count). The average Bonchev–Trinajstić information content (AvgIpc) is 3.35. The Bertz CT molecular complexity index is 1340. The number of esters is 1. The topological polar surface area (TPSA) is 76.8 Å². The monoisotopic (exact) mass is 491 g/mol. The summed E-state index contributed by atoms with van der Waals surface area (Å²) in [4.78, 5) is 39.7. The number of hydrogen-bond donors (Lipinski definition) is 0. The lowest BCUT2D eigenvalue weighted by Gasteiger charge is -2.40. The van der Waals surface area contributed by atoms with Gasteiger partial charge in [0.25, 0.3) is 5.91 Å². The van der Waals surface area contributed by atoms with Gasteiger partial charge in [-0.3, -0.25) is 14.5 Å². The molecule has 2 aromatic carbocycles. The summed E-state index contributed by atoms with van der Waals surface area (Å²) in [5.41, 5.74) is 1.45. The van der Waals surface area contributed by atoms with Crippen LogP contribution in [0.4, 0.5) is 5.69 Å². The van der Waals surface area contributed by atoms with Crippen molar-refractivity contribution < 1.29 is 23.5 Å². The second-order valence-corrected chi connectivity index (χ2v) is 9.29. The molecular formula is C26H18ClNO5S. The third kappa shape index (κ3) is 4.20. The van der Waals surface area contributed by atoms with E-state index in [1.165, 1.54) is 12.1 Å². The van der Waals surface area contributed by atoms with E-state index < -0.39 is 12.6 Å². The molecule has 0 spiro atoms. The summed E-state index contributed by atoms with van der Waals surface area (Å²) < 4.78 is 10.8. The molecule has 0 saturated heterocycles. The minimum absolute atomic E-state index is 0.0789. The van der Waals surface area contributed by atoms with Crippen molar-refractivity contribution in [1.29, 1.82) is 0 Å². The molecule has 0 unspecified atom stereocenters. The zero-order valence-electron chi connectivity index (χ0n) is 17.7. The number of allylic oxidation sites excluding steroid dienone is 2. The van der Waals surface area contributed by atoms with Gasteiger partial charge in [0.2, 0.25) is 0 Å². The molecule has 3 aromatic rings. The van der Waals surface area contributed by atoms with Crippen LogP contribution in [0.15, 0.2) is 88.2 Å². The number of ether oxygens (including phenoxy) is 1. The Morgan fingerprint density at radius 1 is 1.09 bits per heavy atom. The Morgan fingerprint density at radius 2 is 1.91 bits per heavy atom. The number of hydrogen-bond acceptors (Lipinski definition) is 6. The van der Waals surface area contributed by atoms with Gasteiger partial charge in [0.15, 0.2) is 18.7 Å². The third-order valence-corrected chi connectivity index (χ3v) is 7.19. The van der Waals surface area contributed by atoms with E-state index in [0.717, 1.165) is 10.6 Å². The summed E-state index contributed by atoms with van der Waals surface area (Å²) in [6, 6.07) is 15.4. The maximum atomic E-state index is 13.3. The van der Waals surface area contributed by atoms with Crippen LogP contribution in [0.3, 0.4) is 0 Å². The lowest BCUT2D eigenvalue weighted by atomic mass is 10.0. The number of furan rings is 1. The molecule has 0 saturated carbocycles. The largest absolute Gasteiger partial charge is 0.453 e. The second kappa shape index (κ2) is 9.37. The lowest BCUT2D eigenvalue weighted by Crippen LogP contribution is -2.49. The number of para-hydroxylation sites is 1. The van der Waals surface area contributed by atoms with Gasteiger partial charge in [-0.15, -0.1) is 11.8 Å². The second-order valence-electron chi connectivity index (χ2n) is 7.66. The molecule has 34 heavy (non-hydrogen) atoms. The number of carbonyl (C=O) groups excluding carboxylic acids is 3. The van der Waals surface area contributed by atoms with Crippen LogP contribution in [0.2, 0.25) is 5.02 Å². The van der Waals surface area contributed by atoms with E-state index in [2.05, 4.69) is 6.08 Å². The Balaban J connectivity index is 1.35. The molecule has 2 atom stereocenters. The molecule has 1 aliphatic carbocycles. The van der Waals surface area contributed by atoms with Gasteiger partial charge >= 0.3 is 5.97 Å². The fraction of sp³-hybridized carbons (Fsp3) is 0.115. The number of nitrogens with zero attached hydrogens (tertiary/aromatic N) is 1. The van der Waals surface area contributed by atoms with Crippen molar-refractivity contribution in [2.75, 3.05) is 11.5 Å². The molecule has 0 radical (unpaired) electrons. The number of anilines is 1. The fourth-order valence-electron chi connectivity index (χ4n) is 3.96.